The fraction of sp³-hybridized carbons (Fsp3) is 0.412. The van der Waals surface area contributed by atoms with E-state index in [9.17, 15) is 9.90 Å². The molecule has 1 aromatic carbocycles. The fourth-order valence-electron chi connectivity index (χ4n) is 3.01. The van der Waals surface area contributed by atoms with Crippen molar-refractivity contribution in [3.05, 3.63) is 42.2 Å². The lowest BCUT2D eigenvalue weighted by Gasteiger charge is -2.29. The normalized spacial score (nSPS) is 21.5. The third-order valence-electron chi connectivity index (χ3n) is 4.36. The molecule has 1 saturated carbocycles. The topological polar surface area (TPSA) is 67.2 Å². The second kappa shape index (κ2) is 6.22. The van der Waals surface area contributed by atoms with Crippen LogP contribution in [0.5, 0.6) is 5.75 Å². The van der Waals surface area contributed by atoms with Gasteiger partial charge in [-0.15, -0.1) is 0 Å². The Morgan fingerprint density at radius 1 is 1.27 bits per heavy atom. The standard InChI is InChI=1S/C17H21N3O2/c1-12-7-5-6-10-14(12)18-17(22)16-15(21)11-20(19-16)13-8-3-2-4-9-13/h2-4,8-9,11-12,14,21H,5-7,10H2,1H3,(H,18,22). The maximum Gasteiger partial charge on any atom is 0.275 e. The molecule has 0 spiro atoms. The number of para-hydroxylation sites is 1. The highest BCUT2D eigenvalue weighted by Crippen LogP contribution is 2.25. The molecular weight excluding hydrogens is 278 g/mol. The van der Waals surface area contributed by atoms with Crippen LogP contribution in [0.1, 0.15) is 43.1 Å². The number of nitrogens with zero attached hydrogens (tertiary/aromatic N) is 2. The molecule has 1 amide bonds. The van der Waals surface area contributed by atoms with Crippen LogP contribution in [-0.2, 0) is 0 Å². The Morgan fingerprint density at radius 2 is 2.00 bits per heavy atom. The number of aromatic hydroxyl groups is 1. The van der Waals surface area contributed by atoms with Gasteiger partial charge in [0, 0.05) is 6.04 Å². The monoisotopic (exact) mass is 299 g/mol. The highest BCUT2D eigenvalue weighted by molar-refractivity contribution is 5.95. The van der Waals surface area contributed by atoms with E-state index < -0.39 is 0 Å². The molecule has 22 heavy (non-hydrogen) atoms. The number of benzene rings is 1. The zero-order valence-electron chi connectivity index (χ0n) is 12.7. The second-order valence-electron chi connectivity index (χ2n) is 5.98. The van der Waals surface area contributed by atoms with Gasteiger partial charge in [0.15, 0.2) is 11.4 Å². The molecular formula is C17H21N3O2. The van der Waals surface area contributed by atoms with Crippen molar-refractivity contribution in [3.8, 4) is 11.4 Å². The van der Waals surface area contributed by atoms with E-state index in [0.29, 0.717) is 5.92 Å². The van der Waals surface area contributed by atoms with Gasteiger partial charge in [-0.25, -0.2) is 4.68 Å². The summed E-state index contributed by atoms with van der Waals surface area (Å²) in [5.74, 6) is 0.0757. The molecule has 116 valence electrons. The second-order valence-corrected chi connectivity index (χ2v) is 5.98. The number of amides is 1. The predicted molar refractivity (Wildman–Crippen MR) is 84.1 cm³/mol. The van der Waals surface area contributed by atoms with Crippen molar-refractivity contribution in [3.63, 3.8) is 0 Å². The summed E-state index contributed by atoms with van der Waals surface area (Å²) >= 11 is 0. The summed E-state index contributed by atoms with van der Waals surface area (Å²) in [4.78, 5) is 12.4. The van der Waals surface area contributed by atoms with Crippen molar-refractivity contribution in [1.82, 2.24) is 15.1 Å². The summed E-state index contributed by atoms with van der Waals surface area (Å²) in [6, 6.07) is 9.59. The van der Waals surface area contributed by atoms with Crippen molar-refractivity contribution in [1.29, 1.82) is 0 Å². The summed E-state index contributed by atoms with van der Waals surface area (Å²) in [6.07, 6.45) is 5.96. The molecule has 5 nitrogen and oxygen atoms in total. The lowest BCUT2D eigenvalue weighted by molar-refractivity contribution is 0.0902. The molecule has 5 heteroatoms. The van der Waals surface area contributed by atoms with E-state index in [-0.39, 0.29) is 23.4 Å². The first-order chi connectivity index (χ1) is 10.6. The first kappa shape index (κ1) is 14.6. The minimum atomic E-state index is -0.300. The minimum Gasteiger partial charge on any atom is -0.504 e. The van der Waals surface area contributed by atoms with E-state index >= 15 is 0 Å². The van der Waals surface area contributed by atoms with Crippen molar-refractivity contribution >= 4 is 5.91 Å². The van der Waals surface area contributed by atoms with Crippen LogP contribution in [0, 0.1) is 5.92 Å². The highest BCUT2D eigenvalue weighted by Gasteiger charge is 2.25. The molecule has 2 unspecified atom stereocenters. The number of hydrogen-bond acceptors (Lipinski definition) is 3. The van der Waals surface area contributed by atoms with Crippen molar-refractivity contribution in [2.75, 3.05) is 0 Å². The average molecular weight is 299 g/mol. The van der Waals surface area contributed by atoms with Gasteiger partial charge < -0.3 is 10.4 Å². The third-order valence-corrected chi connectivity index (χ3v) is 4.36. The molecule has 0 saturated heterocycles. The van der Waals surface area contributed by atoms with Crippen LogP contribution in [0.15, 0.2) is 36.5 Å². The zero-order valence-corrected chi connectivity index (χ0v) is 12.7. The Kier molecular flexibility index (Phi) is 4.13. The molecule has 1 heterocycles. The van der Waals surface area contributed by atoms with Gasteiger partial charge in [-0.1, -0.05) is 38.0 Å². The van der Waals surface area contributed by atoms with Gasteiger partial charge in [0.1, 0.15) is 0 Å². The molecule has 2 N–H and O–H groups in total. The van der Waals surface area contributed by atoms with Gasteiger partial charge in [-0.2, -0.15) is 5.10 Å². The summed E-state index contributed by atoms with van der Waals surface area (Å²) in [5, 5.41) is 17.3. The van der Waals surface area contributed by atoms with E-state index in [0.717, 1.165) is 24.9 Å². The van der Waals surface area contributed by atoms with Crippen LogP contribution in [0.3, 0.4) is 0 Å². The molecule has 0 bridgehead atoms. The maximum absolute atomic E-state index is 12.4. The van der Waals surface area contributed by atoms with Gasteiger partial charge in [-0.05, 0) is 30.9 Å². The number of hydrogen-bond donors (Lipinski definition) is 2. The van der Waals surface area contributed by atoms with Gasteiger partial charge >= 0.3 is 0 Å². The third kappa shape index (κ3) is 2.98. The molecule has 0 radical (unpaired) electrons. The molecule has 1 aromatic heterocycles. The van der Waals surface area contributed by atoms with E-state index in [1.165, 1.54) is 17.3 Å². The van der Waals surface area contributed by atoms with Gasteiger partial charge in [-0.3, -0.25) is 4.79 Å². The first-order valence-electron chi connectivity index (χ1n) is 7.80. The Bertz CT molecular complexity index is 651. The van der Waals surface area contributed by atoms with E-state index in [2.05, 4.69) is 17.3 Å². The minimum absolute atomic E-state index is 0.0848. The number of aromatic nitrogens is 2. The number of nitrogens with one attached hydrogen (secondary N) is 1. The molecule has 1 aliphatic rings. The van der Waals surface area contributed by atoms with Crippen LogP contribution in [-0.4, -0.2) is 26.8 Å². The summed E-state index contributed by atoms with van der Waals surface area (Å²) in [5.41, 5.74) is 0.893. The largest absolute Gasteiger partial charge is 0.504 e. The number of carbonyl (C=O) groups excluding carboxylic acids is 1. The van der Waals surface area contributed by atoms with E-state index in [1.807, 2.05) is 30.3 Å². The van der Waals surface area contributed by atoms with Crippen LogP contribution >= 0.6 is 0 Å². The van der Waals surface area contributed by atoms with Crippen LogP contribution in [0.2, 0.25) is 0 Å². The van der Waals surface area contributed by atoms with Crippen molar-refractivity contribution in [2.45, 2.75) is 38.6 Å². The Balaban J connectivity index is 1.77. The summed E-state index contributed by atoms with van der Waals surface area (Å²) in [7, 11) is 0. The number of carbonyl (C=O) groups is 1. The SMILES string of the molecule is CC1CCCCC1NC(=O)c1nn(-c2ccccc2)cc1O. The zero-order chi connectivity index (χ0) is 15.5. The Labute approximate surface area is 130 Å². The average Bonchev–Trinajstić information content (AvgIpc) is 2.92. The molecule has 0 aliphatic heterocycles. The van der Waals surface area contributed by atoms with Gasteiger partial charge in [0.25, 0.3) is 5.91 Å². The lowest BCUT2D eigenvalue weighted by Crippen LogP contribution is -2.41. The summed E-state index contributed by atoms with van der Waals surface area (Å²) < 4.78 is 1.52. The van der Waals surface area contributed by atoms with Gasteiger partial charge in [0.05, 0.1) is 11.9 Å². The first-order valence-corrected chi connectivity index (χ1v) is 7.80. The van der Waals surface area contributed by atoms with Gasteiger partial charge in [0.2, 0.25) is 0 Å². The quantitative estimate of drug-likeness (QED) is 0.915. The van der Waals surface area contributed by atoms with Crippen LogP contribution < -0.4 is 5.32 Å². The van der Waals surface area contributed by atoms with Crippen LogP contribution in [0.25, 0.3) is 5.69 Å². The smallest absolute Gasteiger partial charge is 0.275 e. The Morgan fingerprint density at radius 3 is 2.73 bits per heavy atom. The maximum atomic E-state index is 12.4. The molecule has 2 atom stereocenters. The molecule has 1 aliphatic carbocycles. The highest BCUT2D eigenvalue weighted by atomic mass is 16.3. The van der Waals surface area contributed by atoms with Crippen molar-refractivity contribution in [2.24, 2.45) is 5.92 Å². The Hall–Kier alpha value is -2.30. The van der Waals surface area contributed by atoms with E-state index in [1.54, 1.807) is 0 Å². The van der Waals surface area contributed by atoms with Crippen molar-refractivity contribution < 1.29 is 9.90 Å². The predicted octanol–water partition coefficient (Wildman–Crippen LogP) is 2.89. The fourth-order valence-corrected chi connectivity index (χ4v) is 3.01. The molecule has 3 rings (SSSR count). The summed E-state index contributed by atoms with van der Waals surface area (Å²) in [6.45, 7) is 2.16. The van der Waals surface area contributed by atoms with Crippen LogP contribution in [0.4, 0.5) is 0 Å². The lowest BCUT2D eigenvalue weighted by atomic mass is 9.86. The molecule has 2 aromatic rings. The molecule has 1 fully saturated rings. The number of rotatable bonds is 3. The van der Waals surface area contributed by atoms with E-state index in [4.69, 9.17) is 0 Å².